The van der Waals surface area contributed by atoms with Gasteiger partial charge in [-0.25, -0.2) is 0 Å². The Labute approximate surface area is 145 Å². The summed E-state index contributed by atoms with van der Waals surface area (Å²) in [6.07, 6.45) is 3.58. The molecular formula is C14H13BrN4O3S. The summed E-state index contributed by atoms with van der Waals surface area (Å²) in [5, 5.41) is 11.5. The maximum atomic E-state index is 5.66. The fourth-order valence-corrected chi connectivity index (χ4v) is 3.35. The Hall–Kier alpha value is -1.71. The maximum absolute atomic E-state index is 5.66. The summed E-state index contributed by atoms with van der Waals surface area (Å²) in [4.78, 5) is 0. The number of nitrogens with zero attached hydrogens (tertiary/aromatic N) is 3. The molecule has 1 fully saturated rings. The van der Waals surface area contributed by atoms with Crippen molar-refractivity contribution in [2.75, 3.05) is 13.4 Å². The Bertz CT molecular complexity index is 826. The first kappa shape index (κ1) is 14.9. The van der Waals surface area contributed by atoms with Gasteiger partial charge in [-0.1, -0.05) is 0 Å². The molecule has 4 rings (SSSR count). The molecule has 2 aliphatic heterocycles. The fraction of sp³-hybridized carbons (Fsp3) is 0.357. The molecule has 7 nitrogen and oxygen atoms in total. The maximum Gasteiger partial charge on any atom is 0.231 e. The second-order valence-electron chi connectivity index (χ2n) is 5.18. The smallest absolute Gasteiger partial charge is 0.231 e. The minimum absolute atomic E-state index is 0.0661. The van der Waals surface area contributed by atoms with Crippen LogP contribution >= 0.6 is 28.1 Å². The number of benzene rings is 1. The van der Waals surface area contributed by atoms with E-state index in [-0.39, 0.29) is 12.9 Å². The molecule has 0 bridgehead atoms. The van der Waals surface area contributed by atoms with Crippen LogP contribution in [0.3, 0.4) is 0 Å². The third-order valence-corrected chi connectivity index (χ3v) is 4.52. The van der Waals surface area contributed by atoms with Gasteiger partial charge in [-0.2, -0.15) is 14.9 Å². The summed E-state index contributed by atoms with van der Waals surface area (Å²) >= 11 is 8.72. The molecule has 0 spiro atoms. The molecule has 0 radical (unpaired) electrons. The second kappa shape index (κ2) is 6.06. The van der Waals surface area contributed by atoms with Crippen molar-refractivity contribution in [1.82, 2.24) is 14.9 Å². The lowest BCUT2D eigenvalue weighted by atomic mass is 10.2. The van der Waals surface area contributed by atoms with E-state index in [1.165, 1.54) is 0 Å². The summed E-state index contributed by atoms with van der Waals surface area (Å²) in [6.45, 7) is 0.966. The Morgan fingerprint density at radius 3 is 3.17 bits per heavy atom. The van der Waals surface area contributed by atoms with Crippen molar-refractivity contribution >= 4 is 34.4 Å². The molecule has 0 aliphatic carbocycles. The number of hydrogen-bond acceptors (Lipinski definition) is 6. The monoisotopic (exact) mass is 396 g/mol. The number of ether oxygens (including phenoxy) is 3. The van der Waals surface area contributed by atoms with E-state index in [1.807, 2.05) is 12.1 Å². The van der Waals surface area contributed by atoms with Gasteiger partial charge in [-0.15, -0.1) is 0 Å². The van der Waals surface area contributed by atoms with E-state index in [2.05, 4.69) is 31.2 Å². The first-order valence-electron chi connectivity index (χ1n) is 7.15. The van der Waals surface area contributed by atoms with Gasteiger partial charge >= 0.3 is 0 Å². The minimum Gasteiger partial charge on any atom is -0.454 e. The average Bonchev–Trinajstić information content (AvgIpc) is 3.25. The van der Waals surface area contributed by atoms with Crippen molar-refractivity contribution in [2.45, 2.75) is 18.9 Å². The van der Waals surface area contributed by atoms with Crippen molar-refractivity contribution in [2.24, 2.45) is 5.10 Å². The van der Waals surface area contributed by atoms with E-state index in [9.17, 15) is 0 Å². The van der Waals surface area contributed by atoms with E-state index in [4.69, 9.17) is 26.4 Å². The van der Waals surface area contributed by atoms with Gasteiger partial charge in [0.1, 0.15) is 6.10 Å². The highest BCUT2D eigenvalue weighted by Gasteiger charge is 2.23. The predicted molar refractivity (Wildman–Crippen MR) is 88.6 cm³/mol. The van der Waals surface area contributed by atoms with Crippen LogP contribution in [0.5, 0.6) is 11.5 Å². The normalized spacial score (nSPS) is 19.8. The molecule has 0 saturated carbocycles. The van der Waals surface area contributed by atoms with Gasteiger partial charge in [0.25, 0.3) is 0 Å². The molecule has 1 atom stereocenters. The first-order chi connectivity index (χ1) is 11.2. The predicted octanol–water partition coefficient (Wildman–Crippen LogP) is 3.17. The van der Waals surface area contributed by atoms with E-state index in [1.54, 1.807) is 10.9 Å². The molecule has 0 unspecified atom stereocenters. The molecular weight excluding hydrogens is 384 g/mol. The quantitative estimate of drug-likeness (QED) is 0.636. The van der Waals surface area contributed by atoms with E-state index < -0.39 is 0 Å². The molecule has 1 saturated heterocycles. The summed E-state index contributed by atoms with van der Waals surface area (Å²) in [5.74, 6) is 2.10. The van der Waals surface area contributed by atoms with Crippen LogP contribution in [0.15, 0.2) is 21.7 Å². The molecule has 3 heterocycles. The van der Waals surface area contributed by atoms with Crippen LogP contribution in [0, 0.1) is 4.77 Å². The number of rotatable bonds is 3. The Kier molecular flexibility index (Phi) is 3.92. The molecule has 1 N–H and O–H groups in total. The number of hydrogen-bond donors (Lipinski definition) is 1. The van der Waals surface area contributed by atoms with Crippen LogP contribution in [0.1, 0.15) is 30.3 Å². The number of aromatic nitrogens is 3. The third kappa shape index (κ3) is 2.79. The van der Waals surface area contributed by atoms with Crippen LogP contribution in [-0.2, 0) is 4.74 Å². The molecule has 2 aromatic rings. The molecule has 9 heteroatoms. The van der Waals surface area contributed by atoms with Gasteiger partial charge < -0.3 is 14.2 Å². The zero-order valence-electron chi connectivity index (χ0n) is 12.0. The SMILES string of the molecule is S=c1[nH]nc([C@H]2CCCO2)n1/N=C\c1cc(Br)c2c(c1)OCO2. The number of fused-ring (bicyclic) bond motifs is 1. The molecule has 23 heavy (non-hydrogen) atoms. The number of nitrogens with one attached hydrogen (secondary N) is 1. The minimum atomic E-state index is -0.0661. The summed E-state index contributed by atoms with van der Waals surface area (Å²) < 4.78 is 19.3. The van der Waals surface area contributed by atoms with Crippen LogP contribution in [0.2, 0.25) is 0 Å². The fourth-order valence-electron chi connectivity index (χ4n) is 2.59. The summed E-state index contributed by atoms with van der Waals surface area (Å²) in [6, 6.07) is 3.78. The van der Waals surface area contributed by atoms with Crippen LogP contribution in [0.25, 0.3) is 0 Å². The standard InChI is InChI=1S/C14H13BrN4O3S/c15-9-4-8(5-11-12(9)22-7-21-11)6-16-19-13(17-18-14(19)23)10-2-1-3-20-10/h4-6,10H,1-3,7H2,(H,18,23)/b16-6-/t10-/m1/s1. The van der Waals surface area contributed by atoms with Crippen LogP contribution < -0.4 is 9.47 Å². The summed E-state index contributed by atoms with van der Waals surface area (Å²) in [7, 11) is 0. The van der Waals surface area contributed by atoms with Crippen molar-refractivity contribution < 1.29 is 14.2 Å². The number of aromatic amines is 1. The Morgan fingerprint density at radius 2 is 2.35 bits per heavy atom. The summed E-state index contributed by atoms with van der Waals surface area (Å²) in [5.41, 5.74) is 0.863. The van der Waals surface area contributed by atoms with Crippen molar-refractivity contribution in [3.63, 3.8) is 0 Å². The van der Waals surface area contributed by atoms with E-state index in [0.717, 1.165) is 29.5 Å². The second-order valence-corrected chi connectivity index (χ2v) is 6.42. The molecule has 0 amide bonds. The van der Waals surface area contributed by atoms with Crippen LogP contribution in [-0.4, -0.2) is 34.5 Å². The van der Waals surface area contributed by atoms with E-state index >= 15 is 0 Å². The highest BCUT2D eigenvalue weighted by Crippen LogP contribution is 2.39. The number of halogens is 1. The molecule has 1 aromatic heterocycles. The van der Waals surface area contributed by atoms with Gasteiger partial charge in [-0.05, 0) is 58.7 Å². The average molecular weight is 397 g/mol. The lowest BCUT2D eigenvalue weighted by molar-refractivity contribution is 0.102. The van der Waals surface area contributed by atoms with Gasteiger partial charge in [0, 0.05) is 6.61 Å². The van der Waals surface area contributed by atoms with Crippen LogP contribution in [0.4, 0.5) is 0 Å². The van der Waals surface area contributed by atoms with Crippen molar-refractivity contribution in [3.8, 4) is 11.5 Å². The largest absolute Gasteiger partial charge is 0.454 e. The zero-order chi connectivity index (χ0) is 15.8. The van der Waals surface area contributed by atoms with Crippen molar-refractivity contribution in [1.29, 1.82) is 0 Å². The Balaban J connectivity index is 1.66. The third-order valence-electron chi connectivity index (χ3n) is 3.66. The topological polar surface area (TPSA) is 73.7 Å². The lowest BCUT2D eigenvalue weighted by Gasteiger charge is -2.07. The van der Waals surface area contributed by atoms with Crippen molar-refractivity contribution in [3.05, 3.63) is 32.8 Å². The Morgan fingerprint density at radius 1 is 1.43 bits per heavy atom. The van der Waals surface area contributed by atoms with Gasteiger partial charge in [0.2, 0.25) is 11.6 Å². The van der Waals surface area contributed by atoms with E-state index in [0.29, 0.717) is 22.1 Å². The molecule has 1 aromatic carbocycles. The first-order valence-corrected chi connectivity index (χ1v) is 8.35. The van der Waals surface area contributed by atoms with Gasteiger partial charge in [0.15, 0.2) is 17.3 Å². The van der Waals surface area contributed by atoms with Gasteiger partial charge in [-0.3, -0.25) is 5.10 Å². The molecule has 2 aliphatic rings. The van der Waals surface area contributed by atoms with Gasteiger partial charge in [0.05, 0.1) is 10.7 Å². The lowest BCUT2D eigenvalue weighted by Crippen LogP contribution is -2.05. The highest BCUT2D eigenvalue weighted by molar-refractivity contribution is 9.10. The zero-order valence-corrected chi connectivity index (χ0v) is 14.4. The highest BCUT2D eigenvalue weighted by atomic mass is 79.9. The molecule has 120 valence electrons. The number of H-pyrrole nitrogens is 1.